The summed E-state index contributed by atoms with van der Waals surface area (Å²) in [6.45, 7) is 3.68. The first-order valence-electron chi connectivity index (χ1n) is 8.16. The molecule has 2 aromatic carbocycles. The van der Waals surface area contributed by atoms with Crippen LogP contribution in [0.2, 0.25) is 0 Å². The molecule has 0 heterocycles. The minimum Gasteiger partial charge on any atom is -0.339 e. The number of amides is 2. The van der Waals surface area contributed by atoms with Crippen molar-refractivity contribution >= 4 is 11.8 Å². The highest BCUT2D eigenvalue weighted by atomic mass is 16.5. The van der Waals surface area contributed by atoms with Crippen LogP contribution < -0.4 is 16.5 Å². The zero-order chi connectivity index (χ0) is 18.4. The Morgan fingerprint density at radius 1 is 1.04 bits per heavy atom. The molecule has 6 nitrogen and oxygen atoms in total. The van der Waals surface area contributed by atoms with Crippen LogP contribution in [0.4, 0.5) is 0 Å². The van der Waals surface area contributed by atoms with Crippen LogP contribution in [-0.2, 0) is 11.2 Å². The molecule has 2 rings (SSSR count). The fourth-order valence-electron chi connectivity index (χ4n) is 2.48. The SMILES string of the molecule is CCc1ccc(-c2ccc(C(=O)N[C@H](C(=O)NO)C(C)N)cc2)cc1. The van der Waals surface area contributed by atoms with Gasteiger partial charge in [-0.2, -0.15) is 0 Å². The fraction of sp³-hybridized carbons (Fsp3) is 0.263. The fourth-order valence-corrected chi connectivity index (χ4v) is 2.48. The van der Waals surface area contributed by atoms with Gasteiger partial charge >= 0.3 is 0 Å². The summed E-state index contributed by atoms with van der Waals surface area (Å²) in [6.07, 6.45) is 0.988. The number of nitrogens with one attached hydrogen (secondary N) is 2. The topological polar surface area (TPSA) is 104 Å². The smallest absolute Gasteiger partial charge is 0.267 e. The molecule has 0 saturated heterocycles. The maximum atomic E-state index is 12.3. The monoisotopic (exact) mass is 341 g/mol. The van der Waals surface area contributed by atoms with Gasteiger partial charge in [-0.15, -0.1) is 0 Å². The lowest BCUT2D eigenvalue weighted by molar-refractivity contribution is -0.131. The molecule has 0 saturated carbocycles. The van der Waals surface area contributed by atoms with Gasteiger partial charge in [-0.05, 0) is 42.2 Å². The number of hydroxylamine groups is 1. The molecule has 0 aliphatic rings. The molecule has 0 aromatic heterocycles. The molecule has 5 N–H and O–H groups in total. The summed E-state index contributed by atoms with van der Waals surface area (Å²) in [7, 11) is 0. The molecule has 0 aliphatic carbocycles. The second kappa shape index (κ2) is 8.41. The van der Waals surface area contributed by atoms with E-state index in [2.05, 4.69) is 24.4 Å². The first-order chi connectivity index (χ1) is 12.0. The molecule has 6 heteroatoms. The van der Waals surface area contributed by atoms with Crippen molar-refractivity contribution in [1.29, 1.82) is 0 Å². The highest BCUT2D eigenvalue weighted by Gasteiger charge is 2.24. The second-order valence-corrected chi connectivity index (χ2v) is 5.91. The summed E-state index contributed by atoms with van der Waals surface area (Å²) in [5.41, 5.74) is 10.9. The number of hydrogen-bond acceptors (Lipinski definition) is 4. The van der Waals surface area contributed by atoms with E-state index in [4.69, 9.17) is 10.9 Å². The van der Waals surface area contributed by atoms with Gasteiger partial charge in [0.15, 0.2) is 0 Å². The Hall–Kier alpha value is -2.70. The Balaban J connectivity index is 2.12. The minimum absolute atomic E-state index is 0.408. The number of carbonyl (C=O) groups is 2. The lowest BCUT2D eigenvalue weighted by atomic mass is 10.0. The summed E-state index contributed by atoms with van der Waals surface area (Å²) in [6, 6.07) is 13.7. The normalized spacial score (nSPS) is 13.0. The lowest BCUT2D eigenvalue weighted by Gasteiger charge is -2.20. The van der Waals surface area contributed by atoms with Crippen LogP contribution in [0, 0.1) is 0 Å². The van der Waals surface area contributed by atoms with Crippen LogP contribution in [0.15, 0.2) is 48.5 Å². The largest absolute Gasteiger partial charge is 0.339 e. The standard InChI is InChI=1S/C19H23N3O3/c1-3-13-4-6-14(7-5-13)15-8-10-16(11-9-15)18(23)21-17(12(2)20)19(24)22-25/h4-12,17,25H,3,20H2,1-2H3,(H,21,23)(H,22,24)/t12?,17-/m0/s1. The van der Waals surface area contributed by atoms with Crippen molar-refractivity contribution in [1.82, 2.24) is 10.8 Å². The molecule has 0 aliphatic heterocycles. The van der Waals surface area contributed by atoms with Crippen LogP contribution in [-0.4, -0.2) is 29.1 Å². The molecule has 25 heavy (non-hydrogen) atoms. The maximum absolute atomic E-state index is 12.3. The van der Waals surface area contributed by atoms with Gasteiger partial charge in [-0.25, -0.2) is 5.48 Å². The van der Waals surface area contributed by atoms with Crippen molar-refractivity contribution in [3.05, 3.63) is 59.7 Å². The zero-order valence-electron chi connectivity index (χ0n) is 14.3. The third-order valence-corrected chi connectivity index (χ3v) is 4.05. The van der Waals surface area contributed by atoms with Crippen LogP contribution in [0.25, 0.3) is 11.1 Å². The molecular formula is C19H23N3O3. The van der Waals surface area contributed by atoms with E-state index in [1.807, 2.05) is 24.3 Å². The van der Waals surface area contributed by atoms with Crippen LogP contribution in [0.1, 0.15) is 29.8 Å². The summed E-state index contributed by atoms with van der Waals surface area (Å²) in [5.74, 6) is -1.19. The zero-order valence-corrected chi connectivity index (χ0v) is 14.3. The summed E-state index contributed by atoms with van der Waals surface area (Å²) >= 11 is 0. The minimum atomic E-state index is -1.02. The molecular weight excluding hydrogens is 318 g/mol. The number of carbonyl (C=O) groups excluding carboxylic acids is 2. The van der Waals surface area contributed by atoms with Crippen LogP contribution in [0.5, 0.6) is 0 Å². The Bertz CT molecular complexity index is 725. The molecule has 1 unspecified atom stereocenters. The van der Waals surface area contributed by atoms with E-state index in [1.54, 1.807) is 19.1 Å². The van der Waals surface area contributed by atoms with E-state index in [1.165, 1.54) is 11.0 Å². The van der Waals surface area contributed by atoms with Crippen molar-refractivity contribution < 1.29 is 14.8 Å². The van der Waals surface area contributed by atoms with E-state index in [0.29, 0.717) is 5.56 Å². The van der Waals surface area contributed by atoms with E-state index < -0.39 is 23.9 Å². The predicted octanol–water partition coefficient (Wildman–Crippen LogP) is 1.87. The highest BCUT2D eigenvalue weighted by molar-refractivity contribution is 5.98. The van der Waals surface area contributed by atoms with Gasteiger partial charge in [-0.3, -0.25) is 14.8 Å². The van der Waals surface area contributed by atoms with Gasteiger partial charge in [0.25, 0.3) is 11.8 Å². The molecule has 2 amide bonds. The van der Waals surface area contributed by atoms with Gasteiger partial charge < -0.3 is 11.1 Å². The van der Waals surface area contributed by atoms with Crippen molar-refractivity contribution in [3.63, 3.8) is 0 Å². The average Bonchev–Trinajstić information content (AvgIpc) is 2.65. The molecule has 2 aromatic rings. The van der Waals surface area contributed by atoms with Gasteiger partial charge in [0.05, 0.1) is 0 Å². The summed E-state index contributed by atoms with van der Waals surface area (Å²) < 4.78 is 0. The van der Waals surface area contributed by atoms with Crippen LogP contribution >= 0.6 is 0 Å². The van der Waals surface area contributed by atoms with Gasteiger partial charge in [0, 0.05) is 11.6 Å². The quantitative estimate of drug-likeness (QED) is 0.475. The van der Waals surface area contributed by atoms with E-state index in [9.17, 15) is 9.59 Å². The Labute approximate surface area is 147 Å². The van der Waals surface area contributed by atoms with Crippen molar-refractivity contribution in [2.75, 3.05) is 0 Å². The molecule has 2 atom stereocenters. The first-order valence-corrected chi connectivity index (χ1v) is 8.16. The molecule has 132 valence electrons. The van der Waals surface area contributed by atoms with E-state index >= 15 is 0 Å². The Kier molecular flexibility index (Phi) is 6.27. The van der Waals surface area contributed by atoms with Crippen LogP contribution in [0.3, 0.4) is 0 Å². The molecule has 0 fully saturated rings. The van der Waals surface area contributed by atoms with Crippen molar-refractivity contribution in [2.24, 2.45) is 5.73 Å². The van der Waals surface area contributed by atoms with Gasteiger partial charge in [0.1, 0.15) is 6.04 Å². The number of hydrogen-bond donors (Lipinski definition) is 4. The third-order valence-electron chi connectivity index (χ3n) is 4.05. The highest BCUT2D eigenvalue weighted by Crippen LogP contribution is 2.20. The van der Waals surface area contributed by atoms with E-state index in [-0.39, 0.29) is 0 Å². The number of benzene rings is 2. The summed E-state index contributed by atoms with van der Waals surface area (Å²) in [4.78, 5) is 23.8. The average molecular weight is 341 g/mol. The predicted molar refractivity (Wildman–Crippen MR) is 96.1 cm³/mol. The number of aryl methyl sites for hydroxylation is 1. The number of nitrogens with two attached hydrogens (primary N) is 1. The molecule has 0 bridgehead atoms. The second-order valence-electron chi connectivity index (χ2n) is 5.91. The third kappa shape index (κ3) is 4.65. The van der Waals surface area contributed by atoms with Crippen molar-refractivity contribution in [3.8, 4) is 11.1 Å². The maximum Gasteiger partial charge on any atom is 0.267 e. The van der Waals surface area contributed by atoms with Crippen molar-refractivity contribution in [2.45, 2.75) is 32.4 Å². The molecule has 0 radical (unpaired) electrons. The van der Waals surface area contributed by atoms with Gasteiger partial charge in [0.2, 0.25) is 0 Å². The lowest BCUT2D eigenvalue weighted by Crippen LogP contribution is -2.54. The Morgan fingerprint density at radius 3 is 2.00 bits per heavy atom. The Morgan fingerprint density at radius 2 is 1.56 bits per heavy atom. The summed E-state index contributed by atoms with van der Waals surface area (Å²) in [5, 5.41) is 11.3. The van der Waals surface area contributed by atoms with Gasteiger partial charge in [-0.1, -0.05) is 43.3 Å². The van der Waals surface area contributed by atoms with E-state index in [0.717, 1.165) is 17.5 Å². The first kappa shape index (κ1) is 18.6. The number of rotatable bonds is 6. The molecule has 0 spiro atoms.